The molecule has 0 radical (unpaired) electrons. The van der Waals surface area contributed by atoms with Crippen LogP contribution in [0.25, 0.3) is 0 Å². The quantitative estimate of drug-likeness (QED) is 0.731. The normalized spacial score (nSPS) is 13.9. The SMILES string of the molecule is CN(CC(=O)Nc1ccc(N2CCOCC2)cc1)C(=O)c1cc(Br)ccc1Cl. The molecule has 1 heterocycles. The highest BCUT2D eigenvalue weighted by Crippen LogP contribution is 2.22. The molecule has 8 heteroatoms. The summed E-state index contributed by atoms with van der Waals surface area (Å²) < 4.78 is 6.11. The Hall–Kier alpha value is -2.09. The van der Waals surface area contributed by atoms with Gasteiger partial charge in [0.1, 0.15) is 0 Å². The Morgan fingerprint density at radius 3 is 2.54 bits per heavy atom. The number of anilines is 2. The molecule has 2 amide bonds. The van der Waals surface area contributed by atoms with Gasteiger partial charge in [-0.3, -0.25) is 9.59 Å². The van der Waals surface area contributed by atoms with Crippen LogP contribution in [0.3, 0.4) is 0 Å². The van der Waals surface area contributed by atoms with Gasteiger partial charge in [0.15, 0.2) is 0 Å². The molecule has 2 aromatic carbocycles. The third kappa shape index (κ3) is 5.25. The van der Waals surface area contributed by atoms with Crippen LogP contribution in [0.4, 0.5) is 11.4 Å². The van der Waals surface area contributed by atoms with Crippen LogP contribution >= 0.6 is 27.5 Å². The highest BCUT2D eigenvalue weighted by atomic mass is 79.9. The van der Waals surface area contributed by atoms with Crippen molar-refractivity contribution >= 4 is 50.7 Å². The lowest BCUT2D eigenvalue weighted by Crippen LogP contribution is -2.36. The van der Waals surface area contributed by atoms with Crippen molar-refractivity contribution in [2.45, 2.75) is 0 Å². The van der Waals surface area contributed by atoms with Crippen molar-refractivity contribution in [2.24, 2.45) is 0 Å². The molecule has 1 aliphatic rings. The van der Waals surface area contributed by atoms with Gasteiger partial charge in [-0.25, -0.2) is 0 Å². The van der Waals surface area contributed by atoms with E-state index in [1.54, 1.807) is 25.2 Å². The minimum atomic E-state index is -0.316. The van der Waals surface area contributed by atoms with E-state index >= 15 is 0 Å². The van der Waals surface area contributed by atoms with Gasteiger partial charge in [-0.2, -0.15) is 0 Å². The van der Waals surface area contributed by atoms with Gasteiger partial charge < -0.3 is 19.9 Å². The summed E-state index contributed by atoms with van der Waals surface area (Å²) in [6.07, 6.45) is 0. The van der Waals surface area contributed by atoms with E-state index in [2.05, 4.69) is 26.1 Å². The van der Waals surface area contributed by atoms with Crippen LogP contribution in [0.5, 0.6) is 0 Å². The smallest absolute Gasteiger partial charge is 0.255 e. The van der Waals surface area contributed by atoms with Gasteiger partial charge in [-0.15, -0.1) is 0 Å². The van der Waals surface area contributed by atoms with Gasteiger partial charge in [-0.1, -0.05) is 27.5 Å². The van der Waals surface area contributed by atoms with Crippen molar-refractivity contribution in [1.82, 2.24) is 4.90 Å². The molecule has 0 aromatic heterocycles. The molecule has 0 bridgehead atoms. The highest BCUT2D eigenvalue weighted by Gasteiger charge is 2.18. The fourth-order valence-electron chi connectivity index (χ4n) is 2.93. The molecule has 148 valence electrons. The molecule has 1 aliphatic heterocycles. The summed E-state index contributed by atoms with van der Waals surface area (Å²) in [5.74, 6) is -0.592. The first-order valence-corrected chi connectivity index (χ1v) is 10.0. The summed E-state index contributed by atoms with van der Waals surface area (Å²) in [5.41, 5.74) is 2.13. The summed E-state index contributed by atoms with van der Waals surface area (Å²) in [4.78, 5) is 28.5. The van der Waals surface area contributed by atoms with E-state index in [0.717, 1.165) is 36.5 Å². The predicted molar refractivity (Wildman–Crippen MR) is 114 cm³/mol. The Labute approximate surface area is 177 Å². The van der Waals surface area contributed by atoms with Crippen molar-refractivity contribution in [3.05, 3.63) is 57.5 Å². The summed E-state index contributed by atoms with van der Waals surface area (Å²) in [6.45, 7) is 3.09. The predicted octanol–water partition coefficient (Wildman–Crippen LogP) is 3.65. The topological polar surface area (TPSA) is 61.9 Å². The maximum absolute atomic E-state index is 12.6. The molecule has 0 unspecified atom stereocenters. The Morgan fingerprint density at radius 1 is 1.18 bits per heavy atom. The van der Waals surface area contributed by atoms with Crippen LogP contribution in [0.2, 0.25) is 5.02 Å². The molecule has 3 rings (SSSR count). The van der Waals surface area contributed by atoms with E-state index in [1.165, 1.54) is 4.90 Å². The molecule has 2 aromatic rings. The molecule has 1 fully saturated rings. The first-order chi connectivity index (χ1) is 13.4. The average molecular weight is 467 g/mol. The average Bonchev–Trinajstić information content (AvgIpc) is 2.70. The first-order valence-electron chi connectivity index (χ1n) is 8.87. The minimum absolute atomic E-state index is 0.0765. The van der Waals surface area contributed by atoms with Crippen molar-refractivity contribution in [3.63, 3.8) is 0 Å². The lowest BCUT2D eigenvalue weighted by Gasteiger charge is -2.28. The maximum atomic E-state index is 12.6. The Morgan fingerprint density at radius 2 is 1.86 bits per heavy atom. The zero-order chi connectivity index (χ0) is 20.1. The lowest BCUT2D eigenvalue weighted by molar-refractivity contribution is -0.116. The number of likely N-dealkylation sites (N-methyl/N-ethyl adjacent to an activating group) is 1. The monoisotopic (exact) mass is 465 g/mol. The fourth-order valence-corrected chi connectivity index (χ4v) is 3.49. The number of nitrogens with zero attached hydrogens (tertiary/aromatic N) is 2. The Kier molecular flexibility index (Phi) is 6.93. The van der Waals surface area contributed by atoms with E-state index in [-0.39, 0.29) is 18.4 Å². The maximum Gasteiger partial charge on any atom is 0.255 e. The summed E-state index contributed by atoms with van der Waals surface area (Å²) in [7, 11) is 1.57. The van der Waals surface area contributed by atoms with E-state index < -0.39 is 0 Å². The van der Waals surface area contributed by atoms with Gasteiger partial charge in [0.25, 0.3) is 5.91 Å². The van der Waals surface area contributed by atoms with E-state index in [9.17, 15) is 9.59 Å². The molecule has 0 saturated carbocycles. The molecule has 1 saturated heterocycles. The van der Waals surface area contributed by atoms with Gasteiger partial charge in [0.05, 0.1) is 30.3 Å². The second-order valence-electron chi connectivity index (χ2n) is 6.48. The zero-order valence-electron chi connectivity index (χ0n) is 15.5. The summed E-state index contributed by atoms with van der Waals surface area (Å²) in [6, 6.07) is 12.7. The fraction of sp³-hybridized carbons (Fsp3) is 0.300. The van der Waals surface area contributed by atoms with Crippen LogP contribution in [-0.2, 0) is 9.53 Å². The Bertz CT molecular complexity index is 854. The van der Waals surface area contributed by atoms with Gasteiger partial charge in [0, 0.05) is 36.0 Å². The van der Waals surface area contributed by atoms with E-state index in [4.69, 9.17) is 16.3 Å². The summed E-state index contributed by atoms with van der Waals surface area (Å²) in [5, 5.41) is 3.16. The van der Waals surface area contributed by atoms with Gasteiger partial charge >= 0.3 is 0 Å². The number of hydrogen-bond acceptors (Lipinski definition) is 4. The minimum Gasteiger partial charge on any atom is -0.378 e. The number of ether oxygens (including phenoxy) is 1. The standard InChI is InChI=1S/C20H21BrClN3O3/c1-24(20(27)17-12-14(21)2-7-18(17)22)13-19(26)23-15-3-5-16(6-4-15)25-8-10-28-11-9-25/h2-7,12H,8-11,13H2,1H3,(H,23,26). The molecule has 6 nitrogen and oxygen atoms in total. The van der Waals surface area contributed by atoms with Gasteiger partial charge in [-0.05, 0) is 42.5 Å². The number of nitrogens with one attached hydrogen (secondary N) is 1. The molecule has 1 N–H and O–H groups in total. The van der Waals surface area contributed by atoms with Crippen molar-refractivity contribution in [2.75, 3.05) is 50.1 Å². The third-order valence-electron chi connectivity index (χ3n) is 4.41. The number of hydrogen-bond donors (Lipinski definition) is 1. The third-order valence-corrected chi connectivity index (χ3v) is 5.24. The van der Waals surface area contributed by atoms with E-state index in [0.29, 0.717) is 16.3 Å². The molecule has 0 spiro atoms. The summed E-state index contributed by atoms with van der Waals surface area (Å²) >= 11 is 9.42. The molecule has 0 atom stereocenters. The van der Waals surface area contributed by atoms with Crippen LogP contribution < -0.4 is 10.2 Å². The Balaban J connectivity index is 1.57. The second-order valence-corrected chi connectivity index (χ2v) is 7.80. The number of amides is 2. The number of halogens is 2. The number of carbonyl (C=O) groups excluding carboxylic acids is 2. The number of benzene rings is 2. The van der Waals surface area contributed by atoms with Crippen LogP contribution in [0, 0.1) is 0 Å². The molecule has 28 heavy (non-hydrogen) atoms. The highest BCUT2D eigenvalue weighted by molar-refractivity contribution is 9.10. The van der Waals surface area contributed by atoms with Crippen molar-refractivity contribution < 1.29 is 14.3 Å². The van der Waals surface area contributed by atoms with E-state index in [1.807, 2.05) is 24.3 Å². The number of rotatable bonds is 5. The van der Waals surface area contributed by atoms with Crippen LogP contribution in [0.15, 0.2) is 46.9 Å². The lowest BCUT2D eigenvalue weighted by atomic mass is 10.2. The van der Waals surface area contributed by atoms with Crippen LogP contribution in [-0.4, -0.2) is 56.6 Å². The first kappa shape index (κ1) is 20.6. The molecule has 0 aliphatic carbocycles. The molecular weight excluding hydrogens is 446 g/mol. The second kappa shape index (κ2) is 9.41. The number of carbonyl (C=O) groups is 2. The van der Waals surface area contributed by atoms with Crippen molar-refractivity contribution in [1.29, 1.82) is 0 Å². The zero-order valence-corrected chi connectivity index (χ0v) is 17.8. The molecular formula is C20H21BrClN3O3. The van der Waals surface area contributed by atoms with Crippen molar-refractivity contribution in [3.8, 4) is 0 Å². The van der Waals surface area contributed by atoms with Crippen LogP contribution in [0.1, 0.15) is 10.4 Å². The number of morpholine rings is 1. The van der Waals surface area contributed by atoms with Gasteiger partial charge in [0.2, 0.25) is 5.91 Å². The largest absolute Gasteiger partial charge is 0.378 e.